The highest BCUT2D eigenvalue weighted by molar-refractivity contribution is 7.92. The Morgan fingerprint density at radius 3 is 2.27 bits per heavy atom. The van der Waals surface area contributed by atoms with Gasteiger partial charge in [-0.2, -0.15) is 0 Å². The summed E-state index contributed by atoms with van der Waals surface area (Å²) in [6.45, 7) is 7.39. The minimum Gasteiger partial charge on any atom is -0.355 e. The molecule has 0 unspecified atom stereocenters. The van der Waals surface area contributed by atoms with Gasteiger partial charge in [0.1, 0.15) is 5.25 Å². The Hall–Kier alpha value is -0.660. The molecule has 1 aliphatic rings. The van der Waals surface area contributed by atoms with Crippen molar-refractivity contribution in [2.24, 2.45) is 5.41 Å². The Morgan fingerprint density at radius 2 is 1.82 bits per heavy atom. The van der Waals surface area contributed by atoms with Crippen molar-refractivity contribution in [3.05, 3.63) is 0 Å². The zero-order chi connectivity index (χ0) is 16.8. The second kappa shape index (κ2) is 8.26. The van der Waals surface area contributed by atoms with E-state index in [1.165, 1.54) is 6.92 Å². The molecular weight excluding hydrogens is 306 g/mol. The van der Waals surface area contributed by atoms with Crippen molar-refractivity contribution in [1.82, 2.24) is 5.32 Å². The molecule has 1 aliphatic heterocycles. The third-order valence-corrected chi connectivity index (χ3v) is 6.19. The normalized spacial score (nSPS) is 18.4. The number of ether oxygens (including phenoxy) is 2. The summed E-state index contributed by atoms with van der Waals surface area (Å²) in [5.41, 5.74) is -0.0380. The molecule has 0 radical (unpaired) electrons. The Labute approximate surface area is 133 Å². The molecule has 0 aromatic rings. The van der Waals surface area contributed by atoms with Gasteiger partial charge >= 0.3 is 0 Å². The van der Waals surface area contributed by atoms with E-state index in [4.69, 9.17) is 9.47 Å². The number of hydrogen-bond acceptors (Lipinski definition) is 5. The van der Waals surface area contributed by atoms with Gasteiger partial charge in [-0.1, -0.05) is 13.8 Å². The van der Waals surface area contributed by atoms with Gasteiger partial charge in [0.15, 0.2) is 16.1 Å². The summed E-state index contributed by atoms with van der Waals surface area (Å²) in [6.07, 6.45) is 4.44. The van der Waals surface area contributed by atoms with Crippen LogP contribution in [0.4, 0.5) is 0 Å². The standard InChI is InChI=1S/C15H29NO5S/c1-5-15(6-2,14-20-10-11-21-14)8-7-9-16-13(17)12(3)22(4,18)19/h12,14H,5-11H2,1-4H3,(H,16,17)/t12-/m0/s1. The van der Waals surface area contributed by atoms with Crippen molar-refractivity contribution in [2.45, 2.75) is 58.0 Å². The van der Waals surface area contributed by atoms with Crippen LogP contribution in [0.5, 0.6) is 0 Å². The maximum absolute atomic E-state index is 11.8. The lowest BCUT2D eigenvalue weighted by molar-refractivity contribution is -0.140. The highest BCUT2D eigenvalue weighted by Crippen LogP contribution is 2.39. The molecule has 130 valence electrons. The molecule has 0 saturated carbocycles. The van der Waals surface area contributed by atoms with Gasteiger partial charge in [-0.15, -0.1) is 0 Å². The van der Waals surface area contributed by atoms with Crippen LogP contribution in [0.2, 0.25) is 0 Å². The molecule has 1 atom stereocenters. The Kier molecular flexibility index (Phi) is 7.28. The second-order valence-corrected chi connectivity index (χ2v) is 8.38. The summed E-state index contributed by atoms with van der Waals surface area (Å²) in [4.78, 5) is 11.8. The van der Waals surface area contributed by atoms with Crippen LogP contribution in [0.15, 0.2) is 0 Å². The first-order valence-corrected chi connectivity index (χ1v) is 9.92. The third-order valence-electron chi connectivity index (χ3n) is 4.69. The van der Waals surface area contributed by atoms with E-state index < -0.39 is 21.0 Å². The zero-order valence-corrected chi connectivity index (χ0v) is 14.9. The molecule has 1 N–H and O–H groups in total. The monoisotopic (exact) mass is 335 g/mol. The average Bonchev–Trinajstić information content (AvgIpc) is 3.00. The first-order valence-electron chi connectivity index (χ1n) is 7.96. The summed E-state index contributed by atoms with van der Waals surface area (Å²) in [6, 6.07) is 0. The van der Waals surface area contributed by atoms with E-state index in [9.17, 15) is 13.2 Å². The Bertz CT molecular complexity index is 453. The van der Waals surface area contributed by atoms with E-state index in [1.807, 2.05) is 0 Å². The lowest BCUT2D eigenvalue weighted by Crippen LogP contribution is -2.39. The Morgan fingerprint density at radius 1 is 1.27 bits per heavy atom. The van der Waals surface area contributed by atoms with Gasteiger partial charge in [0, 0.05) is 18.2 Å². The van der Waals surface area contributed by atoms with Crippen molar-refractivity contribution in [2.75, 3.05) is 26.0 Å². The summed E-state index contributed by atoms with van der Waals surface area (Å²) in [7, 11) is -3.34. The topological polar surface area (TPSA) is 81.7 Å². The molecule has 1 saturated heterocycles. The number of hydrogen-bond donors (Lipinski definition) is 1. The van der Waals surface area contributed by atoms with Gasteiger partial charge in [0.05, 0.1) is 13.2 Å². The molecular formula is C15H29NO5S. The average molecular weight is 335 g/mol. The predicted octanol–water partition coefficient (Wildman–Crippen LogP) is 1.50. The van der Waals surface area contributed by atoms with E-state index in [0.717, 1.165) is 31.9 Å². The van der Waals surface area contributed by atoms with Gasteiger partial charge in [-0.25, -0.2) is 8.42 Å². The van der Waals surface area contributed by atoms with Crippen LogP contribution in [0, 0.1) is 5.41 Å². The van der Waals surface area contributed by atoms with Crippen molar-refractivity contribution in [1.29, 1.82) is 0 Å². The van der Waals surface area contributed by atoms with E-state index in [1.54, 1.807) is 0 Å². The molecule has 7 heteroatoms. The van der Waals surface area contributed by atoms with Crippen molar-refractivity contribution < 1.29 is 22.7 Å². The fourth-order valence-corrected chi connectivity index (χ4v) is 3.23. The maximum Gasteiger partial charge on any atom is 0.238 e. The zero-order valence-electron chi connectivity index (χ0n) is 14.1. The number of rotatable bonds is 9. The maximum atomic E-state index is 11.8. The Balaban J connectivity index is 2.45. The number of carbonyl (C=O) groups is 1. The van der Waals surface area contributed by atoms with Crippen LogP contribution in [-0.2, 0) is 24.1 Å². The van der Waals surface area contributed by atoms with E-state index >= 15 is 0 Å². The van der Waals surface area contributed by atoms with Crippen LogP contribution in [0.3, 0.4) is 0 Å². The van der Waals surface area contributed by atoms with E-state index in [-0.39, 0.29) is 11.7 Å². The fourth-order valence-electron chi connectivity index (χ4n) is 2.76. The molecule has 1 amide bonds. The molecule has 22 heavy (non-hydrogen) atoms. The van der Waals surface area contributed by atoms with Crippen molar-refractivity contribution in [3.8, 4) is 0 Å². The lowest BCUT2D eigenvalue weighted by atomic mass is 9.77. The van der Waals surface area contributed by atoms with Gasteiger partial charge in [0.25, 0.3) is 0 Å². The van der Waals surface area contributed by atoms with Crippen LogP contribution in [0.1, 0.15) is 46.5 Å². The highest BCUT2D eigenvalue weighted by Gasteiger charge is 2.39. The smallest absolute Gasteiger partial charge is 0.238 e. The van der Waals surface area contributed by atoms with Crippen molar-refractivity contribution in [3.63, 3.8) is 0 Å². The first kappa shape index (κ1) is 19.4. The molecule has 0 bridgehead atoms. The van der Waals surface area contributed by atoms with Gasteiger partial charge in [0.2, 0.25) is 5.91 Å². The van der Waals surface area contributed by atoms with Crippen molar-refractivity contribution >= 4 is 15.7 Å². The summed E-state index contributed by atoms with van der Waals surface area (Å²) in [5.74, 6) is -0.436. The summed E-state index contributed by atoms with van der Waals surface area (Å²) in [5, 5.41) is 1.70. The second-order valence-electron chi connectivity index (χ2n) is 6.01. The fraction of sp³-hybridized carbons (Fsp3) is 0.933. The van der Waals surface area contributed by atoms with Gasteiger partial charge in [-0.05, 0) is 32.6 Å². The van der Waals surface area contributed by atoms with Crippen LogP contribution < -0.4 is 5.32 Å². The van der Waals surface area contributed by atoms with Crippen LogP contribution >= 0.6 is 0 Å². The van der Waals surface area contributed by atoms with E-state index in [0.29, 0.717) is 19.8 Å². The molecule has 1 fully saturated rings. The number of nitrogens with one attached hydrogen (secondary N) is 1. The SMILES string of the molecule is CCC(CC)(CCCNC(=O)[C@H](C)S(C)(=O)=O)C1OCCO1. The van der Waals surface area contributed by atoms with Crippen LogP contribution in [-0.4, -0.2) is 51.9 Å². The van der Waals surface area contributed by atoms with Crippen LogP contribution in [0.25, 0.3) is 0 Å². The molecule has 1 rings (SSSR count). The first-order chi connectivity index (χ1) is 10.3. The molecule has 0 spiro atoms. The quantitative estimate of drug-likeness (QED) is 0.646. The predicted molar refractivity (Wildman–Crippen MR) is 85.3 cm³/mol. The third kappa shape index (κ3) is 4.93. The van der Waals surface area contributed by atoms with E-state index in [2.05, 4.69) is 19.2 Å². The van der Waals surface area contributed by atoms with Gasteiger partial charge < -0.3 is 14.8 Å². The molecule has 1 heterocycles. The summed E-state index contributed by atoms with van der Waals surface area (Å²) >= 11 is 0. The van der Waals surface area contributed by atoms with Gasteiger partial charge in [-0.3, -0.25) is 4.79 Å². The minimum atomic E-state index is -3.34. The number of carbonyl (C=O) groups excluding carboxylic acids is 1. The number of sulfone groups is 1. The molecule has 0 aromatic carbocycles. The summed E-state index contributed by atoms with van der Waals surface area (Å²) < 4.78 is 34.0. The lowest BCUT2D eigenvalue weighted by Gasteiger charge is -2.36. The molecule has 0 aliphatic carbocycles. The minimum absolute atomic E-state index is 0.0380. The largest absolute Gasteiger partial charge is 0.355 e. The number of amides is 1. The molecule has 6 nitrogen and oxygen atoms in total. The highest BCUT2D eigenvalue weighted by atomic mass is 32.2. The molecule has 0 aromatic heterocycles.